The number of amides is 2. The molecule has 1 N–H and O–H groups in total. The number of hydrogen-bond acceptors (Lipinski definition) is 6. The third-order valence-electron chi connectivity index (χ3n) is 9.90. The molecule has 2 saturated heterocycles. The lowest BCUT2D eigenvalue weighted by atomic mass is 9.66. The van der Waals surface area contributed by atoms with Gasteiger partial charge in [0.15, 0.2) is 5.65 Å². The number of morpholine rings is 1. The zero-order chi connectivity index (χ0) is 29.4. The minimum absolute atomic E-state index is 0.00318. The van der Waals surface area contributed by atoms with Crippen molar-refractivity contribution >= 4 is 17.1 Å². The van der Waals surface area contributed by atoms with Crippen molar-refractivity contribution in [1.29, 1.82) is 0 Å². The molecule has 4 aromatic rings. The maximum absolute atomic E-state index is 14.0. The van der Waals surface area contributed by atoms with Gasteiger partial charge in [-0.1, -0.05) is 73.5 Å². The second-order valence-electron chi connectivity index (χ2n) is 12.4. The molecular weight excluding hydrogens is 544 g/mol. The molecule has 224 valence electrons. The second-order valence-corrected chi connectivity index (χ2v) is 12.4. The molecule has 0 radical (unpaired) electrons. The number of aromatic nitrogens is 4. The van der Waals surface area contributed by atoms with Gasteiger partial charge in [0.2, 0.25) is 0 Å². The number of aliphatic hydroxyl groups is 1. The first-order valence-electron chi connectivity index (χ1n) is 15.3. The van der Waals surface area contributed by atoms with Crippen molar-refractivity contribution in [2.75, 3.05) is 32.8 Å². The molecule has 1 saturated carbocycles. The lowest BCUT2D eigenvalue weighted by molar-refractivity contribution is -0.137. The van der Waals surface area contributed by atoms with Crippen molar-refractivity contribution in [2.45, 2.75) is 56.8 Å². The number of nitrogens with zero attached hydrogens (tertiary/aromatic N) is 6. The summed E-state index contributed by atoms with van der Waals surface area (Å²) in [6.45, 7) is 3.08. The van der Waals surface area contributed by atoms with Crippen LogP contribution in [0.25, 0.3) is 11.0 Å². The highest BCUT2D eigenvalue weighted by Gasteiger charge is 2.56. The van der Waals surface area contributed by atoms with Gasteiger partial charge in [0.25, 0.3) is 5.56 Å². The highest BCUT2D eigenvalue weighted by molar-refractivity contribution is 5.75. The maximum Gasteiger partial charge on any atom is 0.320 e. The van der Waals surface area contributed by atoms with Crippen molar-refractivity contribution in [3.63, 3.8) is 0 Å². The van der Waals surface area contributed by atoms with Gasteiger partial charge >= 0.3 is 6.03 Å². The van der Waals surface area contributed by atoms with Crippen molar-refractivity contribution < 1.29 is 14.6 Å². The van der Waals surface area contributed by atoms with E-state index in [1.54, 1.807) is 21.8 Å². The minimum atomic E-state index is -1.14. The molecule has 2 unspecified atom stereocenters. The van der Waals surface area contributed by atoms with Crippen LogP contribution >= 0.6 is 0 Å². The first kappa shape index (κ1) is 27.8. The van der Waals surface area contributed by atoms with Crippen molar-refractivity contribution in [3.05, 3.63) is 94.7 Å². The number of fused-ring (bicyclic) bond motifs is 1. The van der Waals surface area contributed by atoms with Gasteiger partial charge < -0.3 is 19.6 Å². The number of ether oxygens (including phenoxy) is 1. The number of benzene rings is 2. The van der Waals surface area contributed by atoms with Crippen LogP contribution in [0, 0.1) is 5.41 Å². The third-order valence-corrected chi connectivity index (χ3v) is 9.90. The van der Waals surface area contributed by atoms with E-state index in [0.717, 1.165) is 36.8 Å². The first-order chi connectivity index (χ1) is 21.0. The van der Waals surface area contributed by atoms with Gasteiger partial charge in [-0.3, -0.25) is 9.36 Å². The average molecular weight is 583 g/mol. The summed E-state index contributed by atoms with van der Waals surface area (Å²) in [5.74, 6) is 0. The van der Waals surface area contributed by atoms with E-state index in [-0.39, 0.29) is 24.2 Å². The molecule has 2 amide bonds. The van der Waals surface area contributed by atoms with E-state index in [2.05, 4.69) is 10.1 Å². The van der Waals surface area contributed by atoms with E-state index >= 15 is 0 Å². The molecule has 7 rings (SSSR count). The van der Waals surface area contributed by atoms with Gasteiger partial charge in [-0.25, -0.2) is 14.5 Å². The summed E-state index contributed by atoms with van der Waals surface area (Å²) in [7, 11) is 0. The summed E-state index contributed by atoms with van der Waals surface area (Å²) >= 11 is 0. The molecule has 2 atom stereocenters. The summed E-state index contributed by atoms with van der Waals surface area (Å²) < 4.78 is 9.05. The van der Waals surface area contributed by atoms with Crippen LogP contribution in [-0.4, -0.2) is 78.7 Å². The van der Waals surface area contributed by atoms with Gasteiger partial charge in [0, 0.05) is 25.0 Å². The number of likely N-dealkylation sites (tertiary alicyclic amines) is 1. The quantitative estimate of drug-likeness (QED) is 0.384. The Morgan fingerprint density at radius 3 is 2.51 bits per heavy atom. The monoisotopic (exact) mass is 582 g/mol. The topological polar surface area (TPSA) is 106 Å². The molecule has 0 bridgehead atoms. The Hall–Kier alpha value is -4.02. The zero-order valence-electron chi connectivity index (χ0n) is 24.3. The fourth-order valence-electron chi connectivity index (χ4n) is 7.49. The Bertz CT molecular complexity index is 1650. The molecule has 2 aromatic heterocycles. The summed E-state index contributed by atoms with van der Waals surface area (Å²) in [6.07, 6.45) is 7.14. The molecule has 3 fully saturated rings. The van der Waals surface area contributed by atoms with Gasteiger partial charge in [-0.05, 0) is 30.4 Å². The van der Waals surface area contributed by atoms with E-state index in [0.29, 0.717) is 56.8 Å². The maximum atomic E-state index is 14.0. The Balaban J connectivity index is 1.12. The Morgan fingerprint density at radius 1 is 1.00 bits per heavy atom. The smallest absolute Gasteiger partial charge is 0.320 e. The van der Waals surface area contributed by atoms with E-state index in [4.69, 9.17) is 4.74 Å². The normalized spacial score (nSPS) is 23.7. The second kappa shape index (κ2) is 11.2. The molecule has 1 aliphatic carbocycles. The molecule has 43 heavy (non-hydrogen) atoms. The van der Waals surface area contributed by atoms with Crippen LogP contribution in [0.1, 0.15) is 49.3 Å². The Labute approximate surface area is 250 Å². The number of carbonyl (C=O) groups is 1. The largest absolute Gasteiger partial charge is 0.387 e. The molecule has 2 aromatic carbocycles. The summed E-state index contributed by atoms with van der Waals surface area (Å²) in [4.78, 5) is 36.1. The van der Waals surface area contributed by atoms with E-state index in [1.807, 2.05) is 70.5 Å². The van der Waals surface area contributed by atoms with Crippen molar-refractivity contribution in [3.8, 4) is 0 Å². The van der Waals surface area contributed by atoms with Crippen LogP contribution in [0.4, 0.5) is 4.79 Å². The minimum Gasteiger partial charge on any atom is -0.387 e. The number of rotatable bonds is 5. The van der Waals surface area contributed by atoms with Gasteiger partial charge in [0.1, 0.15) is 11.7 Å². The standard InChI is InChI=1S/C33H38N6O4/c40-30-27-19-35-39(20-25-9-3-1-4-10-25)29(27)34-24-37(30)23-33(42)15-16-36(22-32(33)13-7-8-14-32)31(41)38-17-18-43-21-28(38)26-11-5-2-6-12-26/h1-6,9-12,19,24,28,42H,7-8,13-18,20-23H2. The molecule has 1 spiro atoms. The summed E-state index contributed by atoms with van der Waals surface area (Å²) in [5, 5.41) is 17.2. The van der Waals surface area contributed by atoms with Crippen molar-refractivity contribution in [2.24, 2.45) is 5.41 Å². The summed E-state index contributed by atoms with van der Waals surface area (Å²) in [6, 6.07) is 19.9. The van der Waals surface area contributed by atoms with E-state index in [1.165, 1.54) is 0 Å². The molecule has 3 aliphatic rings. The molecule has 10 heteroatoms. The van der Waals surface area contributed by atoms with Crippen LogP contribution in [0.2, 0.25) is 0 Å². The molecule has 10 nitrogen and oxygen atoms in total. The van der Waals surface area contributed by atoms with E-state index < -0.39 is 11.0 Å². The first-order valence-corrected chi connectivity index (χ1v) is 15.3. The predicted molar refractivity (Wildman–Crippen MR) is 161 cm³/mol. The number of carbonyl (C=O) groups excluding carboxylic acids is 1. The highest BCUT2D eigenvalue weighted by Crippen LogP contribution is 2.52. The predicted octanol–water partition coefficient (Wildman–Crippen LogP) is 3.83. The zero-order valence-corrected chi connectivity index (χ0v) is 24.3. The van der Waals surface area contributed by atoms with Crippen LogP contribution < -0.4 is 5.56 Å². The third kappa shape index (κ3) is 5.02. The lowest BCUT2D eigenvalue weighted by Crippen LogP contribution is -2.64. The average Bonchev–Trinajstić information content (AvgIpc) is 3.69. The fraction of sp³-hybridized carbons (Fsp3) is 0.455. The van der Waals surface area contributed by atoms with Crippen molar-refractivity contribution in [1.82, 2.24) is 29.1 Å². The lowest BCUT2D eigenvalue weighted by Gasteiger charge is -2.53. The molecule has 2 aliphatic heterocycles. The SMILES string of the molecule is O=C(N1CCC(O)(Cn2cnc3c(cnn3Cc3ccccc3)c2=O)C2(CCCC2)C1)N1CCOCC1c1ccccc1. The number of piperidine rings is 1. The van der Waals surface area contributed by atoms with Crippen LogP contribution in [-0.2, 0) is 17.8 Å². The Kier molecular flexibility index (Phi) is 7.26. The number of hydrogen-bond donors (Lipinski definition) is 1. The van der Waals surface area contributed by atoms with Crippen LogP contribution in [0.5, 0.6) is 0 Å². The molecule has 4 heterocycles. The van der Waals surface area contributed by atoms with Gasteiger partial charge in [-0.2, -0.15) is 5.10 Å². The molecular formula is C33H38N6O4. The van der Waals surface area contributed by atoms with Gasteiger partial charge in [0.05, 0.1) is 44.1 Å². The summed E-state index contributed by atoms with van der Waals surface area (Å²) in [5.41, 5.74) is 0.846. The fourth-order valence-corrected chi connectivity index (χ4v) is 7.49. The van der Waals surface area contributed by atoms with Crippen LogP contribution in [0.15, 0.2) is 78.0 Å². The van der Waals surface area contributed by atoms with Gasteiger partial charge in [-0.15, -0.1) is 0 Å². The Morgan fingerprint density at radius 2 is 1.74 bits per heavy atom. The van der Waals surface area contributed by atoms with Crippen LogP contribution in [0.3, 0.4) is 0 Å². The van der Waals surface area contributed by atoms with E-state index in [9.17, 15) is 14.7 Å². The highest BCUT2D eigenvalue weighted by atomic mass is 16.5. The number of urea groups is 1.